The third-order valence-corrected chi connectivity index (χ3v) is 15.7. The zero-order valence-electron chi connectivity index (χ0n) is 37.0. The fraction of sp³-hybridized carbons (Fsp3) is 0.918. The van der Waals surface area contributed by atoms with Crippen molar-refractivity contribution in [3.63, 3.8) is 0 Å². The van der Waals surface area contributed by atoms with Crippen LogP contribution in [0.2, 0.25) is 0 Å². The van der Waals surface area contributed by atoms with Crippen LogP contribution in [0.1, 0.15) is 222 Å². The number of rotatable bonds is 24. The first kappa shape index (κ1) is 45.3. The molecule has 0 bridgehead atoms. The molecule has 0 saturated heterocycles. The van der Waals surface area contributed by atoms with Crippen molar-refractivity contribution in [2.75, 3.05) is 0 Å². The molecular weight excluding hydrogens is 663 g/mol. The van der Waals surface area contributed by atoms with Gasteiger partial charge >= 0.3 is 0 Å². The van der Waals surface area contributed by atoms with E-state index in [-0.39, 0.29) is 11.4 Å². The molecule has 4 saturated carbocycles. The van der Waals surface area contributed by atoms with Gasteiger partial charge in [-0.2, -0.15) is 0 Å². The number of hydrogen-bond acceptors (Lipinski definition) is 3. The summed E-state index contributed by atoms with van der Waals surface area (Å²) in [6.45, 7) is 18.8. The third kappa shape index (κ3) is 13.1. The molecule has 0 aromatic rings. The fourth-order valence-corrected chi connectivity index (χ4v) is 13.0. The molecule has 0 heterocycles. The first-order valence-corrected chi connectivity index (χ1v) is 23.8. The van der Waals surface area contributed by atoms with Gasteiger partial charge in [-0.1, -0.05) is 105 Å². The lowest BCUT2D eigenvalue weighted by atomic mass is 9.44. The first-order chi connectivity index (χ1) is 25.8. The predicted molar refractivity (Wildman–Crippen MR) is 230 cm³/mol. The number of nitrogens with one attached hydrogen (secondary N) is 3. The van der Waals surface area contributed by atoms with Crippen molar-refractivity contribution in [1.29, 1.82) is 0 Å². The van der Waals surface area contributed by atoms with Crippen LogP contribution >= 0.6 is 0 Å². The van der Waals surface area contributed by atoms with Gasteiger partial charge in [-0.3, -0.25) is 15.0 Å². The normalized spacial score (nSPS) is 31.6. The molecule has 5 heteroatoms. The second-order valence-corrected chi connectivity index (χ2v) is 20.9. The Kier molecular flexibility index (Phi) is 18.4. The molecule has 8 unspecified atom stereocenters. The van der Waals surface area contributed by atoms with Crippen LogP contribution in [0.5, 0.6) is 0 Å². The van der Waals surface area contributed by atoms with Crippen molar-refractivity contribution in [2.24, 2.45) is 52.3 Å². The average molecular weight is 752 g/mol. The molecule has 54 heavy (non-hydrogen) atoms. The standard InChI is InChI=1S/C49H89N3O2/c1-9-10-11-12-13-14-15-16-17-18-19-20-21-22-23-24-45(53)50-40-31-33-48(7)39(35-40)26-27-41-43-29-28-42(49(43,8)34-32-44(41)48)38(4)25-30-46(54)51-52-47(5,6)36-37(2)3/h16-17,37-44,52H,9-15,18-36H2,1-8H3,(H,50,53)(H,51,54)/b17-16-/t38-,39?,40?,41?,42?,43?,44?,48?,49?/m1/s1. The van der Waals surface area contributed by atoms with E-state index in [9.17, 15) is 9.59 Å². The molecule has 4 aliphatic rings. The Morgan fingerprint density at radius 2 is 1.35 bits per heavy atom. The minimum Gasteiger partial charge on any atom is -0.353 e. The minimum atomic E-state index is -0.0905. The SMILES string of the molecule is CCCCCCCC/C=C\CCCCCCCC(=O)NC1CCC2(C)C(CCC3C2CCC2(C)C3CCC2[C@H](C)CCC(=O)NNC(C)(C)CC(C)C)C1. The highest BCUT2D eigenvalue weighted by Crippen LogP contribution is 2.68. The zero-order chi connectivity index (χ0) is 39.2. The van der Waals surface area contributed by atoms with Crippen molar-refractivity contribution >= 4 is 11.8 Å². The van der Waals surface area contributed by atoms with Gasteiger partial charge in [0.1, 0.15) is 0 Å². The largest absolute Gasteiger partial charge is 0.353 e. The molecule has 0 aliphatic heterocycles. The summed E-state index contributed by atoms with van der Waals surface area (Å²) in [5, 5.41) is 3.51. The number of fused-ring (bicyclic) bond motifs is 5. The summed E-state index contributed by atoms with van der Waals surface area (Å²) in [6.07, 6.45) is 36.9. The van der Waals surface area contributed by atoms with E-state index in [1.807, 2.05) is 0 Å². The molecule has 0 aromatic carbocycles. The van der Waals surface area contributed by atoms with E-state index < -0.39 is 0 Å². The van der Waals surface area contributed by atoms with Gasteiger partial charge in [0.15, 0.2) is 0 Å². The molecule has 0 spiro atoms. The predicted octanol–water partition coefficient (Wildman–Crippen LogP) is 13.0. The van der Waals surface area contributed by atoms with Gasteiger partial charge in [0, 0.05) is 24.4 Å². The second-order valence-electron chi connectivity index (χ2n) is 20.9. The van der Waals surface area contributed by atoms with Gasteiger partial charge in [-0.15, -0.1) is 0 Å². The Hall–Kier alpha value is -1.36. The molecule has 5 nitrogen and oxygen atoms in total. The maximum Gasteiger partial charge on any atom is 0.234 e. The lowest BCUT2D eigenvalue weighted by molar-refractivity contribution is -0.128. The summed E-state index contributed by atoms with van der Waals surface area (Å²) in [6, 6.07) is 0.384. The number of carbonyl (C=O) groups excluding carboxylic acids is 2. The van der Waals surface area contributed by atoms with Gasteiger partial charge in [0.25, 0.3) is 0 Å². The highest BCUT2D eigenvalue weighted by molar-refractivity contribution is 5.76. The van der Waals surface area contributed by atoms with Crippen molar-refractivity contribution in [3.8, 4) is 0 Å². The molecule has 0 aromatic heterocycles. The smallest absolute Gasteiger partial charge is 0.234 e. The quantitative estimate of drug-likeness (QED) is 0.0522. The van der Waals surface area contributed by atoms with Crippen LogP contribution in [-0.2, 0) is 9.59 Å². The molecule has 3 N–H and O–H groups in total. The lowest BCUT2D eigenvalue weighted by Gasteiger charge is -2.61. The van der Waals surface area contributed by atoms with Crippen molar-refractivity contribution in [1.82, 2.24) is 16.2 Å². The maximum absolute atomic E-state index is 13.0. The van der Waals surface area contributed by atoms with Gasteiger partial charge < -0.3 is 5.32 Å². The van der Waals surface area contributed by atoms with E-state index in [0.29, 0.717) is 47.5 Å². The molecule has 9 atom stereocenters. The topological polar surface area (TPSA) is 70.2 Å². The van der Waals surface area contributed by atoms with Crippen LogP contribution in [0, 0.1) is 52.3 Å². The van der Waals surface area contributed by atoms with E-state index >= 15 is 0 Å². The molecule has 4 aliphatic carbocycles. The highest BCUT2D eigenvalue weighted by atomic mass is 16.2. The Morgan fingerprint density at radius 3 is 2.04 bits per heavy atom. The summed E-state index contributed by atoms with van der Waals surface area (Å²) < 4.78 is 0. The summed E-state index contributed by atoms with van der Waals surface area (Å²) in [4.78, 5) is 25.9. The molecule has 4 rings (SSSR count). The van der Waals surface area contributed by atoms with Crippen molar-refractivity contribution in [3.05, 3.63) is 12.2 Å². The fourth-order valence-electron chi connectivity index (χ4n) is 13.0. The van der Waals surface area contributed by atoms with Crippen LogP contribution < -0.4 is 16.2 Å². The van der Waals surface area contributed by atoms with Crippen LogP contribution in [0.4, 0.5) is 0 Å². The number of amides is 2. The van der Waals surface area contributed by atoms with E-state index in [1.165, 1.54) is 135 Å². The number of hydrazine groups is 1. The molecular formula is C49H89N3O2. The monoisotopic (exact) mass is 752 g/mol. The van der Waals surface area contributed by atoms with E-state index in [4.69, 9.17) is 0 Å². The van der Waals surface area contributed by atoms with Gasteiger partial charge in [0.2, 0.25) is 11.8 Å². The number of hydrogen-bond donors (Lipinski definition) is 3. The van der Waals surface area contributed by atoms with Crippen molar-refractivity contribution in [2.45, 2.75) is 234 Å². The van der Waals surface area contributed by atoms with Crippen LogP contribution in [0.15, 0.2) is 12.2 Å². The average Bonchev–Trinajstić information content (AvgIpc) is 3.48. The van der Waals surface area contributed by atoms with Crippen LogP contribution in [0.3, 0.4) is 0 Å². The number of unbranched alkanes of at least 4 members (excludes halogenated alkanes) is 11. The Morgan fingerprint density at radius 1 is 0.722 bits per heavy atom. The van der Waals surface area contributed by atoms with Crippen LogP contribution in [-0.4, -0.2) is 23.4 Å². The zero-order valence-corrected chi connectivity index (χ0v) is 37.0. The summed E-state index contributed by atoms with van der Waals surface area (Å²) in [7, 11) is 0. The summed E-state index contributed by atoms with van der Waals surface area (Å²) >= 11 is 0. The van der Waals surface area contributed by atoms with E-state index in [1.54, 1.807) is 0 Å². The molecule has 4 fully saturated rings. The Labute approximate surface area is 334 Å². The summed E-state index contributed by atoms with van der Waals surface area (Å²) in [5.74, 6) is 5.68. The van der Waals surface area contributed by atoms with Gasteiger partial charge in [-0.25, -0.2) is 5.43 Å². The molecule has 0 radical (unpaired) electrons. The molecule has 2 amide bonds. The Balaban J connectivity index is 1.11. The first-order valence-electron chi connectivity index (χ1n) is 23.8. The highest BCUT2D eigenvalue weighted by Gasteiger charge is 2.60. The lowest BCUT2D eigenvalue weighted by Crippen LogP contribution is -2.55. The van der Waals surface area contributed by atoms with E-state index in [0.717, 1.165) is 48.9 Å². The van der Waals surface area contributed by atoms with E-state index in [2.05, 4.69) is 83.7 Å². The summed E-state index contributed by atoms with van der Waals surface area (Å²) in [5.41, 5.74) is 7.12. The van der Waals surface area contributed by atoms with Crippen LogP contribution in [0.25, 0.3) is 0 Å². The minimum absolute atomic E-state index is 0.0905. The number of allylic oxidation sites excluding steroid dienone is 2. The third-order valence-electron chi connectivity index (χ3n) is 15.7. The maximum atomic E-state index is 13.0. The van der Waals surface area contributed by atoms with Crippen molar-refractivity contribution < 1.29 is 9.59 Å². The second kappa shape index (κ2) is 22.0. The Bertz CT molecular complexity index is 1150. The van der Waals surface area contributed by atoms with Gasteiger partial charge in [0.05, 0.1) is 0 Å². The van der Waals surface area contributed by atoms with Gasteiger partial charge in [-0.05, 0) is 169 Å². The number of carbonyl (C=O) groups is 2. The molecule has 312 valence electrons.